The van der Waals surface area contributed by atoms with Crippen molar-refractivity contribution in [2.45, 2.75) is 18.8 Å². The van der Waals surface area contributed by atoms with Gasteiger partial charge in [0.05, 0.1) is 23.6 Å². The number of alkyl halides is 1. The molecule has 6 heteroatoms. The molecule has 0 aliphatic heterocycles. The topological polar surface area (TPSA) is 30.7 Å². The minimum absolute atomic E-state index is 0.129. The zero-order valence-corrected chi connectivity index (χ0v) is 13.3. The molecular formula is C13H11BrClN3S. The van der Waals surface area contributed by atoms with E-state index in [1.165, 1.54) is 4.88 Å². The molecule has 3 aromatic rings. The van der Waals surface area contributed by atoms with Gasteiger partial charge in [-0.25, -0.2) is 4.98 Å². The van der Waals surface area contributed by atoms with Gasteiger partial charge >= 0.3 is 0 Å². The van der Waals surface area contributed by atoms with Gasteiger partial charge in [-0.05, 0) is 35.0 Å². The Balaban J connectivity index is 2.12. The van der Waals surface area contributed by atoms with Gasteiger partial charge in [-0.3, -0.25) is 4.98 Å². The van der Waals surface area contributed by atoms with E-state index in [1.807, 2.05) is 13.0 Å². The van der Waals surface area contributed by atoms with Crippen molar-refractivity contribution in [1.29, 1.82) is 0 Å². The molecule has 3 rings (SSSR count). The number of hydrogen-bond acceptors (Lipinski definition) is 3. The van der Waals surface area contributed by atoms with Gasteiger partial charge in [0.1, 0.15) is 11.3 Å². The largest absolute Gasteiger partial charge is 0.321 e. The van der Waals surface area contributed by atoms with E-state index in [2.05, 4.69) is 41.9 Å². The number of halogens is 2. The molecule has 3 heterocycles. The summed E-state index contributed by atoms with van der Waals surface area (Å²) in [7, 11) is 0. The number of hydrogen-bond donors (Lipinski definition) is 0. The van der Waals surface area contributed by atoms with Gasteiger partial charge in [-0.2, -0.15) is 0 Å². The summed E-state index contributed by atoms with van der Waals surface area (Å²) < 4.78 is 3.27. The summed E-state index contributed by atoms with van der Waals surface area (Å²) in [5.74, 6) is 0.884. The number of fused-ring (bicyclic) bond motifs is 1. The molecule has 0 N–H and O–H groups in total. The van der Waals surface area contributed by atoms with Gasteiger partial charge < -0.3 is 4.57 Å². The second-order valence-electron chi connectivity index (χ2n) is 4.27. The molecule has 0 amide bonds. The Morgan fingerprint density at radius 1 is 1.53 bits per heavy atom. The second-order valence-corrected chi connectivity index (χ2v) is 6.83. The summed E-state index contributed by atoms with van der Waals surface area (Å²) in [4.78, 5) is 9.96. The van der Waals surface area contributed by atoms with Crippen molar-refractivity contribution >= 4 is 49.9 Å². The van der Waals surface area contributed by atoms with Gasteiger partial charge in [0, 0.05) is 20.9 Å². The fourth-order valence-corrected chi connectivity index (χ4v) is 3.67. The van der Waals surface area contributed by atoms with Crippen LogP contribution in [0.1, 0.15) is 23.0 Å². The van der Waals surface area contributed by atoms with Crippen LogP contribution in [0, 0.1) is 0 Å². The van der Waals surface area contributed by atoms with E-state index in [0.717, 1.165) is 27.9 Å². The molecule has 0 aromatic carbocycles. The Bertz CT molecular complexity index is 720. The smallest absolute Gasteiger partial charge is 0.128 e. The summed E-state index contributed by atoms with van der Waals surface area (Å²) in [5.41, 5.74) is 1.96. The lowest BCUT2D eigenvalue weighted by Crippen LogP contribution is -2.04. The first-order valence-electron chi connectivity index (χ1n) is 5.82. The summed E-state index contributed by atoms with van der Waals surface area (Å²) in [6.07, 6.45) is 3.56. The van der Waals surface area contributed by atoms with Crippen molar-refractivity contribution in [2.24, 2.45) is 0 Å². The van der Waals surface area contributed by atoms with Crippen LogP contribution in [-0.2, 0) is 6.54 Å². The lowest BCUT2D eigenvalue weighted by molar-refractivity contribution is 0.750. The molecule has 0 fully saturated rings. The molecule has 0 spiro atoms. The standard InChI is InChI=1S/C13H11BrClN3S/c1-8(15)13-17-11-5-16-3-2-12(11)18(13)6-10-4-9(14)7-19-10/h2-5,7-8H,6H2,1H3. The van der Waals surface area contributed by atoms with Crippen molar-refractivity contribution in [3.63, 3.8) is 0 Å². The molecule has 0 bridgehead atoms. The maximum absolute atomic E-state index is 6.24. The monoisotopic (exact) mass is 355 g/mol. The number of pyridine rings is 1. The first kappa shape index (κ1) is 13.1. The lowest BCUT2D eigenvalue weighted by atomic mass is 10.3. The van der Waals surface area contributed by atoms with Crippen LogP contribution in [0.25, 0.3) is 11.0 Å². The Kier molecular flexibility index (Phi) is 3.60. The third-order valence-corrected chi connectivity index (χ3v) is 4.75. The van der Waals surface area contributed by atoms with Crippen molar-refractivity contribution < 1.29 is 0 Å². The molecule has 1 unspecified atom stereocenters. The molecule has 19 heavy (non-hydrogen) atoms. The predicted octanol–water partition coefficient (Wildman–Crippen LogP) is 4.60. The van der Waals surface area contributed by atoms with Crippen LogP contribution in [0.2, 0.25) is 0 Å². The van der Waals surface area contributed by atoms with E-state index >= 15 is 0 Å². The summed E-state index contributed by atoms with van der Waals surface area (Å²) in [5, 5.41) is 1.95. The van der Waals surface area contributed by atoms with Crippen LogP contribution in [0.3, 0.4) is 0 Å². The SMILES string of the molecule is CC(Cl)c1nc2cnccc2n1Cc1cc(Br)cs1. The summed E-state index contributed by atoms with van der Waals surface area (Å²) in [6, 6.07) is 4.11. The van der Waals surface area contributed by atoms with Crippen LogP contribution in [0.4, 0.5) is 0 Å². The fourth-order valence-electron chi connectivity index (χ4n) is 2.06. The molecule has 3 aromatic heterocycles. The number of aromatic nitrogens is 3. The van der Waals surface area contributed by atoms with Crippen LogP contribution in [0.15, 0.2) is 34.4 Å². The Labute approximate surface area is 128 Å². The third-order valence-electron chi connectivity index (χ3n) is 2.87. The molecule has 3 nitrogen and oxygen atoms in total. The van der Waals surface area contributed by atoms with E-state index in [-0.39, 0.29) is 5.38 Å². The highest BCUT2D eigenvalue weighted by atomic mass is 79.9. The highest BCUT2D eigenvalue weighted by molar-refractivity contribution is 9.10. The van der Waals surface area contributed by atoms with Crippen LogP contribution in [-0.4, -0.2) is 14.5 Å². The Morgan fingerprint density at radius 2 is 2.37 bits per heavy atom. The lowest BCUT2D eigenvalue weighted by Gasteiger charge is -2.09. The number of nitrogens with zero attached hydrogens (tertiary/aromatic N) is 3. The average Bonchev–Trinajstić information content (AvgIpc) is 2.95. The van der Waals surface area contributed by atoms with Gasteiger partial charge in [0.15, 0.2) is 0 Å². The molecule has 0 aliphatic carbocycles. The second kappa shape index (κ2) is 5.23. The molecule has 0 saturated carbocycles. The summed E-state index contributed by atoms with van der Waals surface area (Å²) >= 11 is 11.4. The van der Waals surface area contributed by atoms with E-state index in [9.17, 15) is 0 Å². The molecule has 1 atom stereocenters. The number of rotatable bonds is 3. The zero-order chi connectivity index (χ0) is 13.4. The van der Waals surface area contributed by atoms with Gasteiger partial charge in [-0.15, -0.1) is 22.9 Å². The van der Waals surface area contributed by atoms with Gasteiger partial charge in [-0.1, -0.05) is 0 Å². The van der Waals surface area contributed by atoms with E-state index < -0.39 is 0 Å². The van der Waals surface area contributed by atoms with Gasteiger partial charge in [0.2, 0.25) is 0 Å². The first-order chi connectivity index (χ1) is 9.15. The predicted molar refractivity (Wildman–Crippen MR) is 82.9 cm³/mol. The number of thiophene rings is 1. The van der Waals surface area contributed by atoms with E-state index in [0.29, 0.717) is 0 Å². The zero-order valence-electron chi connectivity index (χ0n) is 10.2. The Hall–Kier alpha value is -0.910. The maximum Gasteiger partial charge on any atom is 0.128 e. The maximum atomic E-state index is 6.24. The number of imidazole rings is 1. The van der Waals surface area contributed by atoms with Crippen LogP contribution < -0.4 is 0 Å². The molecule has 0 radical (unpaired) electrons. The fraction of sp³-hybridized carbons (Fsp3) is 0.231. The van der Waals surface area contributed by atoms with Crippen molar-refractivity contribution in [1.82, 2.24) is 14.5 Å². The third kappa shape index (κ3) is 2.55. The molecule has 0 aliphatic rings. The minimum atomic E-state index is -0.129. The van der Waals surface area contributed by atoms with Crippen molar-refractivity contribution in [3.05, 3.63) is 45.1 Å². The highest BCUT2D eigenvalue weighted by Crippen LogP contribution is 2.27. The van der Waals surface area contributed by atoms with Gasteiger partial charge in [0.25, 0.3) is 0 Å². The quantitative estimate of drug-likeness (QED) is 0.642. The normalized spacial score (nSPS) is 13.0. The average molecular weight is 357 g/mol. The molecule has 0 saturated heterocycles. The Morgan fingerprint density at radius 3 is 3.05 bits per heavy atom. The molecular weight excluding hydrogens is 346 g/mol. The molecule has 98 valence electrons. The summed E-state index contributed by atoms with van der Waals surface area (Å²) in [6.45, 7) is 2.72. The first-order valence-corrected chi connectivity index (χ1v) is 7.93. The van der Waals surface area contributed by atoms with Crippen molar-refractivity contribution in [2.75, 3.05) is 0 Å². The van der Waals surface area contributed by atoms with Crippen LogP contribution in [0.5, 0.6) is 0 Å². The highest BCUT2D eigenvalue weighted by Gasteiger charge is 2.15. The van der Waals surface area contributed by atoms with E-state index in [1.54, 1.807) is 23.7 Å². The van der Waals surface area contributed by atoms with E-state index in [4.69, 9.17) is 11.6 Å². The minimum Gasteiger partial charge on any atom is -0.321 e. The van der Waals surface area contributed by atoms with Crippen molar-refractivity contribution in [3.8, 4) is 0 Å². The van der Waals surface area contributed by atoms with Crippen LogP contribution >= 0.6 is 38.9 Å².